The van der Waals surface area contributed by atoms with Crippen LogP contribution < -0.4 is 5.32 Å². The van der Waals surface area contributed by atoms with Gasteiger partial charge in [0.1, 0.15) is 0 Å². The average molecular weight is 404 g/mol. The van der Waals surface area contributed by atoms with Crippen LogP contribution >= 0.6 is 22.9 Å². The predicted molar refractivity (Wildman–Crippen MR) is 110 cm³/mol. The highest BCUT2D eigenvalue weighted by Gasteiger charge is 2.21. The molecule has 2 heterocycles. The number of amides is 2. The number of carbonyl (C=O) groups excluding carboxylic acids is 2. The van der Waals surface area contributed by atoms with Crippen molar-refractivity contribution in [2.24, 2.45) is 0 Å². The Morgan fingerprint density at radius 2 is 1.81 bits per heavy atom. The Labute approximate surface area is 168 Å². The summed E-state index contributed by atoms with van der Waals surface area (Å²) in [6.45, 7) is 3.88. The maximum absolute atomic E-state index is 12.3. The van der Waals surface area contributed by atoms with Crippen LogP contribution in [0.15, 0.2) is 48.5 Å². The molecule has 2 amide bonds. The molecule has 1 aromatic heterocycles. The minimum Gasteiger partial charge on any atom is -0.343 e. The number of thiophene rings is 1. The lowest BCUT2D eigenvalue weighted by Gasteiger charge is -2.34. The van der Waals surface area contributed by atoms with Crippen molar-refractivity contribution in [2.75, 3.05) is 32.7 Å². The summed E-state index contributed by atoms with van der Waals surface area (Å²) >= 11 is 7.56. The Hall–Kier alpha value is -2.15. The van der Waals surface area contributed by atoms with Crippen molar-refractivity contribution in [3.8, 4) is 0 Å². The fourth-order valence-electron chi connectivity index (χ4n) is 2.88. The summed E-state index contributed by atoms with van der Waals surface area (Å²) in [4.78, 5) is 29.5. The van der Waals surface area contributed by atoms with Crippen LogP contribution in [0, 0.1) is 0 Å². The normalized spacial score (nSPS) is 15.2. The van der Waals surface area contributed by atoms with E-state index in [1.807, 2.05) is 42.5 Å². The number of hydrogen-bond donors (Lipinski definition) is 1. The Morgan fingerprint density at radius 3 is 2.48 bits per heavy atom. The van der Waals surface area contributed by atoms with Crippen molar-refractivity contribution in [1.29, 1.82) is 0 Å². The van der Waals surface area contributed by atoms with Crippen molar-refractivity contribution in [3.05, 3.63) is 63.3 Å². The lowest BCUT2D eigenvalue weighted by atomic mass is 10.2. The van der Waals surface area contributed by atoms with Crippen molar-refractivity contribution >= 4 is 40.8 Å². The molecule has 5 nitrogen and oxygen atoms in total. The number of carbonyl (C=O) groups is 2. The van der Waals surface area contributed by atoms with Gasteiger partial charge in [-0.2, -0.15) is 0 Å². The third-order valence-corrected chi connectivity index (χ3v) is 5.59. The molecule has 0 unspecified atom stereocenters. The van der Waals surface area contributed by atoms with E-state index in [1.165, 1.54) is 11.0 Å². The number of benzene rings is 1. The zero-order chi connectivity index (χ0) is 19.1. The van der Waals surface area contributed by atoms with E-state index in [1.54, 1.807) is 22.3 Å². The fourth-order valence-corrected chi connectivity index (χ4v) is 4.01. The molecule has 7 heteroatoms. The van der Waals surface area contributed by atoms with Gasteiger partial charge in [0.05, 0.1) is 10.9 Å². The molecule has 0 aliphatic carbocycles. The molecule has 0 spiro atoms. The number of nitrogens with one attached hydrogen (secondary N) is 1. The van der Waals surface area contributed by atoms with Gasteiger partial charge in [-0.15, -0.1) is 11.3 Å². The summed E-state index contributed by atoms with van der Waals surface area (Å²) in [6.07, 6.45) is 3.18. The molecule has 1 N–H and O–H groups in total. The van der Waals surface area contributed by atoms with Crippen molar-refractivity contribution in [3.63, 3.8) is 0 Å². The topological polar surface area (TPSA) is 52.7 Å². The van der Waals surface area contributed by atoms with Gasteiger partial charge in [0, 0.05) is 43.7 Å². The molecule has 3 rings (SSSR count). The van der Waals surface area contributed by atoms with E-state index in [9.17, 15) is 9.59 Å². The molecule has 0 radical (unpaired) electrons. The molecule has 1 saturated heterocycles. The zero-order valence-electron chi connectivity index (χ0n) is 14.9. The zero-order valence-corrected chi connectivity index (χ0v) is 16.5. The van der Waals surface area contributed by atoms with Crippen LogP contribution in [0.4, 0.5) is 0 Å². The molecule has 1 aliphatic rings. The average Bonchev–Trinajstić information content (AvgIpc) is 3.10. The molecule has 2 aromatic rings. The second-order valence-electron chi connectivity index (χ2n) is 6.32. The number of rotatable bonds is 6. The van der Waals surface area contributed by atoms with Crippen LogP contribution in [-0.2, 0) is 16.1 Å². The Morgan fingerprint density at radius 1 is 1.07 bits per heavy atom. The third kappa shape index (κ3) is 6.20. The number of hydrogen-bond acceptors (Lipinski definition) is 4. The summed E-state index contributed by atoms with van der Waals surface area (Å²) < 4.78 is 0.802. The minimum atomic E-state index is -0.264. The van der Waals surface area contributed by atoms with E-state index in [0.717, 1.165) is 29.5 Å². The molecular weight excluding hydrogens is 382 g/mol. The van der Waals surface area contributed by atoms with E-state index >= 15 is 0 Å². The van der Waals surface area contributed by atoms with Crippen molar-refractivity contribution in [1.82, 2.24) is 15.1 Å². The molecule has 142 valence electrons. The minimum absolute atomic E-state index is 0.0263. The quantitative estimate of drug-likeness (QED) is 0.754. The maximum atomic E-state index is 12.3. The maximum Gasteiger partial charge on any atom is 0.244 e. The smallest absolute Gasteiger partial charge is 0.244 e. The summed E-state index contributed by atoms with van der Waals surface area (Å²) in [6, 6.07) is 13.5. The van der Waals surface area contributed by atoms with E-state index in [0.29, 0.717) is 13.1 Å². The standard InChI is InChI=1S/C20H22ClN3O2S/c21-18-8-7-17(27-18)15-23-10-12-24(13-11-23)20(26)14-22-19(25)9-6-16-4-2-1-3-5-16/h1-9H,10-15H2,(H,22,25)/b9-6+. The second-order valence-corrected chi connectivity index (χ2v) is 8.12. The third-order valence-electron chi connectivity index (χ3n) is 4.37. The van der Waals surface area contributed by atoms with Crippen molar-refractivity contribution in [2.45, 2.75) is 6.54 Å². The Bertz CT molecular complexity index is 799. The lowest BCUT2D eigenvalue weighted by Crippen LogP contribution is -2.50. The van der Waals surface area contributed by atoms with Crippen LogP contribution in [0.1, 0.15) is 10.4 Å². The van der Waals surface area contributed by atoms with E-state index in [4.69, 9.17) is 11.6 Å². The van der Waals surface area contributed by atoms with Crippen molar-refractivity contribution < 1.29 is 9.59 Å². The first-order valence-electron chi connectivity index (χ1n) is 8.85. The summed E-state index contributed by atoms with van der Waals surface area (Å²) in [5.41, 5.74) is 0.946. The van der Waals surface area contributed by atoms with Crippen LogP contribution in [-0.4, -0.2) is 54.3 Å². The first kappa shape index (κ1) is 19.6. The van der Waals surface area contributed by atoms with Crippen LogP contribution in [0.2, 0.25) is 4.34 Å². The van der Waals surface area contributed by atoms with Gasteiger partial charge in [-0.05, 0) is 23.8 Å². The van der Waals surface area contributed by atoms with E-state index < -0.39 is 0 Å². The molecular formula is C20H22ClN3O2S. The number of piperazine rings is 1. The van der Waals surface area contributed by atoms with E-state index in [2.05, 4.69) is 10.2 Å². The largest absolute Gasteiger partial charge is 0.343 e. The van der Waals surface area contributed by atoms with Crippen LogP contribution in [0.25, 0.3) is 6.08 Å². The molecule has 0 saturated carbocycles. The molecule has 1 fully saturated rings. The first-order chi connectivity index (χ1) is 13.1. The van der Waals surface area contributed by atoms with Gasteiger partial charge < -0.3 is 10.2 Å². The monoisotopic (exact) mass is 403 g/mol. The molecule has 1 aromatic carbocycles. The molecule has 0 atom stereocenters. The van der Waals surface area contributed by atoms with Gasteiger partial charge in [-0.1, -0.05) is 41.9 Å². The summed E-state index contributed by atoms with van der Waals surface area (Å²) in [5.74, 6) is -0.310. The predicted octanol–water partition coefficient (Wildman–Crippen LogP) is 2.88. The summed E-state index contributed by atoms with van der Waals surface area (Å²) in [7, 11) is 0. The van der Waals surface area contributed by atoms with Crippen LogP contribution in [0.3, 0.4) is 0 Å². The van der Waals surface area contributed by atoms with Gasteiger partial charge >= 0.3 is 0 Å². The Kier molecular flexibility index (Phi) is 7.04. The van der Waals surface area contributed by atoms with Gasteiger partial charge in [0.25, 0.3) is 0 Å². The van der Waals surface area contributed by atoms with Crippen LogP contribution in [0.5, 0.6) is 0 Å². The van der Waals surface area contributed by atoms with Gasteiger partial charge in [-0.3, -0.25) is 14.5 Å². The Balaban J connectivity index is 1.38. The van der Waals surface area contributed by atoms with Gasteiger partial charge in [-0.25, -0.2) is 0 Å². The fraction of sp³-hybridized carbons (Fsp3) is 0.300. The van der Waals surface area contributed by atoms with Gasteiger partial charge in [0.2, 0.25) is 11.8 Å². The summed E-state index contributed by atoms with van der Waals surface area (Å²) in [5, 5.41) is 2.66. The van der Waals surface area contributed by atoms with E-state index in [-0.39, 0.29) is 18.4 Å². The highest BCUT2D eigenvalue weighted by atomic mass is 35.5. The number of halogens is 1. The molecule has 0 bridgehead atoms. The second kappa shape index (κ2) is 9.69. The molecule has 27 heavy (non-hydrogen) atoms. The number of nitrogens with zero attached hydrogens (tertiary/aromatic N) is 2. The SMILES string of the molecule is O=C(/C=C/c1ccccc1)NCC(=O)N1CCN(Cc2ccc(Cl)s2)CC1. The molecule has 1 aliphatic heterocycles. The van der Waals surface area contributed by atoms with Gasteiger partial charge in [0.15, 0.2) is 0 Å². The first-order valence-corrected chi connectivity index (χ1v) is 10.0. The highest BCUT2D eigenvalue weighted by Crippen LogP contribution is 2.23. The lowest BCUT2D eigenvalue weighted by molar-refractivity contribution is -0.133. The highest BCUT2D eigenvalue weighted by molar-refractivity contribution is 7.16.